The van der Waals surface area contributed by atoms with Crippen LogP contribution in [0.25, 0.3) is 0 Å². The molecule has 1 aromatic carbocycles. The second-order valence-electron chi connectivity index (χ2n) is 4.98. The molecule has 0 saturated carbocycles. The van der Waals surface area contributed by atoms with Crippen LogP contribution in [0.5, 0.6) is 0 Å². The summed E-state index contributed by atoms with van der Waals surface area (Å²) in [6.07, 6.45) is 0. The van der Waals surface area contributed by atoms with Gasteiger partial charge in [-0.05, 0) is 38.7 Å². The van der Waals surface area contributed by atoms with Crippen molar-refractivity contribution in [3.63, 3.8) is 0 Å². The quantitative estimate of drug-likeness (QED) is 0.796. The van der Waals surface area contributed by atoms with Crippen molar-refractivity contribution in [2.24, 2.45) is 0 Å². The first-order chi connectivity index (χ1) is 7.91. The van der Waals surface area contributed by atoms with Crippen LogP contribution in [0.2, 0.25) is 0 Å². The van der Waals surface area contributed by atoms with E-state index in [1.807, 2.05) is 12.1 Å². The maximum atomic E-state index is 9.02. The number of nitrogens with zero attached hydrogens (tertiary/aromatic N) is 1. The van der Waals surface area contributed by atoms with Gasteiger partial charge in [-0.15, -0.1) is 12.4 Å². The van der Waals surface area contributed by atoms with E-state index < -0.39 is 7.12 Å². The Kier molecular flexibility index (Phi) is 7.56. The van der Waals surface area contributed by atoms with Crippen LogP contribution >= 0.6 is 12.4 Å². The largest absolute Gasteiger partial charge is 0.488 e. The normalized spacial score (nSPS) is 10.9. The average molecular weight is 272 g/mol. The SMILES string of the molecule is CC(C)N(Cc1ccc(B(O)O)cc1)C(C)C.Cl. The summed E-state index contributed by atoms with van der Waals surface area (Å²) in [6.45, 7) is 9.63. The van der Waals surface area contributed by atoms with Crippen LogP contribution < -0.4 is 5.46 Å². The van der Waals surface area contributed by atoms with Gasteiger partial charge in [-0.25, -0.2) is 0 Å². The molecule has 0 atom stereocenters. The van der Waals surface area contributed by atoms with Crippen molar-refractivity contribution in [1.82, 2.24) is 4.90 Å². The fourth-order valence-electron chi connectivity index (χ4n) is 1.97. The summed E-state index contributed by atoms with van der Waals surface area (Å²) in [5.74, 6) is 0. The zero-order valence-electron chi connectivity index (χ0n) is 11.5. The zero-order valence-corrected chi connectivity index (χ0v) is 12.3. The van der Waals surface area contributed by atoms with Crippen LogP contribution in [0.4, 0.5) is 0 Å². The molecule has 2 N–H and O–H groups in total. The number of hydrogen-bond acceptors (Lipinski definition) is 3. The summed E-state index contributed by atoms with van der Waals surface area (Å²) < 4.78 is 0. The van der Waals surface area contributed by atoms with Gasteiger partial charge < -0.3 is 10.0 Å². The smallest absolute Gasteiger partial charge is 0.423 e. The van der Waals surface area contributed by atoms with Crippen molar-refractivity contribution in [3.8, 4) is 0 Å². The molecule has 18 heavy (non-hydrogen) atoms. The molecule has 0 saturated heterocycles. The molecule has 0 fully saturated rings. The van der Waals surface area contributed by atoms with Gasteiger partial charge in [0.1, 0.15) is 0 Å². The van der Waals surface area contributed by atoms with E-state index in [1.54, 1.807) is 12.1 Å². The number of hydrogen-bond donors (Lipinski definition) is 2. The Hall–Kier alpha value is -0.545. The molecule has 0 amide bonds. The monoisotopic (exact) mass is 271 g/mol. The molecule has 0 aliphatic carbocycles. The molecule has 1 rings (SSSR count). The van der Waals surface area contributed by atoms with E-state index in [0.29, 0.717) is 17.5 Å². The maximum absolute atomic E-state index is 9.02. The van der Waals surface area contributed by atoms with E-state index in [-0.39, 0.29) is 12.4 Å². The summed E-state index contributed by atoms with van der Waals surface area (Å²) in [5.41, 5.74) is 1.73. The van der Waals surface area contributed by atoms with Gasteiger partial charge in [-0.1, -0.05) is 24.3 Å². The maximum Gasteiger partial charge on any atom is 0.488 e. The first-order valence-electron chi connectivity index (χ1n) is 6.12. The second kappa shape index (κ2) is 7.79. The van der Waals surface area contributed by atoms with Gasteiger partial charge in [0.05, 0.1) is 0 Å². The molecule has 0 aliphatic heterocycles. The first-order valence-corrected chi connectivity index (χ1v) is 6.12. The summed E-state index contributed by atoms with van der Waals surface area (Å²) in [7, 11) is -1.38. The number of halogens is 1. The standard InChI is InChI=1S/C13H22BNO2.ClH/c1-10(2)15(11(3)4)9-12-5-7-13(8-6-12)14(16)17;/h5-8,10-11,16-17H,9H2,1-4H3;1H. The molecule has 0 bridgehead atoms. The Morgan fingerprint density at radius 1 is 1.00 bits per heavy atom. The van der Waals surface area contributed by atoms with Gasteiger partial charge in [0.2, 0.25) is 0 Å². The predicted molar refractivity (Wildman–Crippen MR) is 79.3 cm³/mol. The molecule has 0 radical (unpaired) electrons. The minimum absolute atomic E-state index is 0. The van der Waals surface area contributed by atoms with Gasteiger partial charge in [-0.2, -0.15) is 0 Å². The van der Waals surface area contributed by atoms with E-state index in [2.05, 4.69) is 32.6 Å². The van der Waals surface area contributed by atoms with Crippen molar-refractivity contribution in [2.45, 2.75) is 46.3 Å². The highest BCUT2D eigenvalue weighted by Gasteiger charge is 2.14. The Morgan fingerprint density at radius 2 is 1.44 bits per heavy atom. The van der Waals surface area contributed by atoms with E-state index >= 15 is 0 Å². The van der Waals surface area contributed by atoms with Crippen LogP contribution in [0.3, 0.4) is 0 Å². The number of rotatable bonds is 5. The summed E-state index contributed by atoms with van der Waals surface area (Å²) >= 11 is 0. The molecule has 3 nitrogen and oxygen atoms in total. The minimum Gasteiger partial charge on any atom is -0.423 e. The predicted octanol–water partition coefficient (Wildman–Crippen LogP) is 1.41. The Labute approximate surface area is 116 Å². The van der Waals surface area contributed by atoms with Crippen molar-refractivity contribution < 1.29 is 10.0 Å². The van der Waals surface area contributed by atoms with Crippen molar-refractivity contribution >= 4 is 25.0 Å². The molecule has 0 heterocycles. The third kappa shape index (κ3) is 4.98. The molecule has 0 unspecified atom stereocenters. The third-order valence-corrected chi connectivity index (χ3v) is 2.97. The molecular formula is C13H23BClNO2. The number of benzene rings is 1. The highest BCUT2D eigenvalue weighted by molar-refractivity contribution is 6.58. The average Bonchev–Trinajstić information content (AvgIpc) is 2.25. The lowest BCUT2D eigenvalue weighted by atomic mass is 9.80. The molecular weight excluding hydrogens is 248 g/mol. The summed E-state index contributed by atoms with van der Waals surface area (Å²) in [4.78, 5) is 2.39. The van der Waals surface area contributed by atoms with Crippen LogP contribution in [0.15, 0.2) is 24.3 Å². The Morgan fingerprint density at radius 3 is 1.78 bits per heavy atom. The van der Waals surface area contributed by atoms with E-state index in [9.17, 15) is 0 Å². The van der Waals surface area contributed by atoms with Crippen molar-refractivity contribution in [2.75, 3.05) is 0 Å². The van der Waals surface area contributed by atoms with Gasteiger partial charge in [0.15, 0.2) is 0 Å². The van der Waals surface area contributed by atoms with Crippen LogP contribution in [-0.2, 0) is 6.54 Å². The summed E-state index contributed by atoms with van der Waals surface area (Å²) in [5, 5.41) is 18.0. The fraction of sp³-hybridized carbons (Fsp3) is 0.538. The van der Waals surface area contributed by atoms with Gasteiger partial charge >= 0.3 is 7.12 Å². The van der Waals surface area contributed by atoms with Crippen molar-refractivity contribution in [1.29, 1.82) is 0 Å². The van der Waals surface area contributed by atoms with Gasteiger partial charge in [0, 0.05) is 18.6 Å². The lowest BCUT2D eigenvalue weighted by Gasteiger charge is -2.30. The molecule has 0 aromatic heterocycles. The minimum atomic E-state index is -1.38. The highest BCUT2D eigenvalue weighted by Crippen LogP contribution is 2.11. The zero-order chi connectivity index (χ0) is 13.0. The van der Waals surface area contributed by atoms with Crippen LogP contribution in [0.1, 0.15) is 33.3 Å². The molecule has 102 valence electrons. The lowest BCUT2D eigenvalue weighted by Crippen LogP contribution is -2.36. The molecule has 0 aliphatic rings. The Bertz CT molecular complexity index is 333. The second-order valence-corrected chi connectivity index (χ2v) is 4.98. The van der Waals surface area contributed by atoms with Crippen LogP contribution in [-0.4, -0.2) is 34.2 Å². The molecule has 0 spiro atoms. The summed E-state index contributed by atoms with van der Waals surface area (Å²) in [6, 6.07) is 8.42. The third-order valence-electron chi connectivity index (χ3n) is 2.97. The highest BCUT2D eigenvalue weighted by atomic mass is 35.5. The van der Waals surface area contributed by atoms with Gasteiger partial charge in [-0.3, -0.25) is 4.90 Å². The fourth-order valence-corrected chi connectivity index (χ4v) is 1.97. The lowest BCUT2D eigenvalue weighted by molar-refractivity contribution is 0.166. The van der Waals surface area contributed by atoms with E-state index in [1.165, 1.54) is 5.56 Å². The first kappa shape index (κ1) is 17.5. The Balaban J connectivity index is 0.00000289. The van der Waals surface area contributed by atoms with E-state index in [0.717, 1.165) is 6.54 Å². The van der Waals surface area contributed by atoms with E-state index in [4.69, 9.17) is 10.0 Å². The van der Waals surface area contributed by atoms with Crippen LogP contribution in [0, 0.1) is 0 Å². The molecule has 1 aromatic rings. The van der Waals surface area contributed by atoms with Crippen molar-refractivity contribution in [3.05, 3.63) is 29.8 Å². The van der Waals surface area contributed by atoms with Gasteiger partial charge in [0.25, 0.3) is 0 Å². The topological polar surface area (TPSA) is 43.7 Å². The molecule has 5 heteroatoms.